The SMILES string of the molecule is CCC(=O)Oc1cc2c(c(Cl)c1OC(=O)CC)CCN(C)CC2c1ccc2c(c1)CCC2. The minimum absolute atomic E-state index is 0.0795. The second-order valence-corrected chi connectivity index (χ2v) is 9.07. The fourth-order valence-corrected chi connectivity index (χ4v) is 5.02. The predicted octanol–water partition coefficient (Wildman–Crippen LogP) is 5.08. The Bertz CT molecular complexity index is 1050. The van der Waals surface area contributed by atoms with Gasteiger partial charge in [0.1, 0.15) is 0 Å². The van der Waals surface area contributed by atoms with Crippen LogP contribution in [0.15, 0.2) is 24.3 Å². The Hall–Kier alpha value is -2.37. The largest absolute Gasteiger partial charge is 0.422 e. The van der Waals surface area contributed by atoms with E-state index in [1.54, 1.807) is 13.8 Å². The molecule has 1 aliphatic heterocycles. The number of carbonyl (C=O) groups is 2. The van der Waals surface area contributed by atoms with Gasteiger partial charge in [-0.3, -0.25) is 9.59 Å². The first-order valence-corrected chi connectivity index (χ1v) is 11.9. The summed E-state index contributed by atoms with van der Waals surface area (Å²) in [5.74, 6) is -0.360. The Morgan fingerprint density at radius 2 is 1.75 bits per heavy atom. The van der Waals surface area contributed by atoms with Gasteiger partial charge in [0.2, 0.25) is 0 Å². The van der Waals surface area contributed by atoms with Crippen molar-refractivity contribution < 1.29 is 19.1 Å². The lowest BCUT2D eigenvalue weighted by molar-refractivity contribution is -0.136. The molecule has 0 amide bonds. The van der Waals surface area contributed by atoms with Crippen molar-refractivity contribution in [1.29, 1.82) is 0 Å². The second kappa shape index (κ2) is 9.63. The van der Waals surface area contributed by atoms with E-state index in [1.165, 1.54) is 23.1 Å². The molecule has 5 nitrogen and oxygen atoms in total. The number of likely N-dealkylation sites (N-methyl/N-ethyl adjacent to an activating group) is 1. The van der Waals surface area contributed by atoms with Crippen LogP contribution in [0.2, 0.25) is 5.02 Å². The molecule has 170 valence electrons. The van der Waals surface area contributed by atoms with Crippen LogP contribution in [-0.2, 0) is 28.9 Å². The fourth-order valence-electron chi connectivity index (χ4n) is 4.68. The van der Waals surface area contributed by atoms with E-state index in [2.05, 4.69) is 30.1 Å². The Balaban J connectivity index is 1.86. The van der Waals surface area contributed by atoms with Crippen molar-refractivity contribution in [1.82, 2.24) is 4.90 Å². The third-order valence-corrected chi connectivity index (χ3v) is 6.88. The summed E-state index contributed by atoms with van der Waals surface area (Å²) in [7, 11) is 2.11. The van der Waals surface area contributed by atoms with Crippen molar-refractivity contribution in [3.05, 3.63) is 57.1 Å². The molecule has 2 aliphatic rings. The van der Waals surface area contributed by atoms with E-state index >= 15 is 0 Å². The smallest absolute Gasteiger partial charge is 0.311 e. The van der Waals surface area contributed by atoms with Gasteiger partial charge in [-0.1, -0.05) is 43.6 Å². The third kappa shape index (κ3) is 4.55. The summed E-state index contributed by atoms with van der Waals surface area (Å²) >= 11 is 6.84. The summed E-state index contributed by atoms with van der Waals surface area (Å²) in [6.07, 6.45) is 4.61. The molecule has 1 aliphatic carbocycles. The predicted molar refractivity (Wildman–Crippen MR) is 125 cm³/mol. The molecule has 0 fully saturated rings. The highest BCUT2D eigenvalue weighted by atomic mass is 35.5. The number of carbonyl (C=O) groups excluding carboxylic acids is 2. The zero-order valence-corrected chi connectivity index (χ0v) is 19.8. The lowest BCUT2D eigenvalue weighted by Gasteiger charge is -2.24. The van der Waals surface area contributed by atoms with Crippen LogP contribution in [0.4, 0.5) is 0 Å². The van der Waals surface area contributed by atoms with Crippen LogP contribution >= 0.6 is 11.6 Å². The summed E-state index contributed by atoms with van der Waals surface area (Å²) in [4.78, 5) is 26.5. The van der Waals surface area contributed by atoms with Gasteiger partial charge in [-0.2, -0.15) is 0 Å². The summed E-state index contributed by atoms with van der Waals surface area (Å²) in [6.45, 7) is 5.12. The van der Waals surface area contributed by atoms with Crippen LogP contribution in [0.3, 0.4) is 0 Å². The average Bonchev–Trinajstić information content (AvgIpc) is 3.19. The molecule has 0 saturated heterocycles. The highest BCUT2D eigenvalue weighted by Crippen LogP contribution is 2.45. The van der Waals surface area contributed by atoms with Gasteiger partial charge in [0.15, 0.2) is 11.5 Å². The van der Waals surface area contributed by atoms with Crippen molar-refractivity contribution in [2.45, 2.75) is 58.3 Å². The highest BCUT2D eigenvalue weighted by molar-refractivity contribution is 6.33. The zero-order valence-electron chi connectivity index (χ0n) is 19.0. The molecule has 1 heterocycles. The number of esters is 2. The molecule has 0 radical (unpaired) electrons. The maximum absolute atomic E-state index is 12.2. The molecule has 6 heteroatoms. The molecule has 1 atom stereocenters. The van der Waals surface area contributed by atoms with Crippen molar-refractivity contribution in [3.63, 3.8) is 0 Å². The number of benzene rings is 2. The molecule has 0 saturated carbocycles. The third-order valence-electron chi connectivity index (χ3n) is 6.48. The minimum Gasteiger partial charge on any atom is -0.422 e. The first-order valence-electron chi connectivity index (χ1n) is 11.5. The molecular weight excluding hydrogens is 426 g/mol. The molecule has 0 N–H and O–H groups in total. The van der Waals surface area contributed by atoms with E-state index in [1.807, 2.05) is 6.07 Å². The molecule has 4 rings (SSSR count). The first kappa shape index (κ1) is 22.8. The van der Waals surface area contributed by atoms with E-state index in [0.717, 1.165) is 43.5 Å². The molecule has 32 heavy (non-hydrogen) atoms. The average molecular weight is 456 g/mol. The molecule has 2 aromatic carbocycles. The number of rotatable bonds is 5. The van der Waals surface area contributed by atoms with Crippen LogP contribution in [0, 0.1) is 0 Å². The highest BCUT2D eigenvalue weighted by Gasteiger charge is 2.30. The van der Waals surface area contributed by atoms with E-state index in [0.29, 0.717) is 5.02 Å². The maximum atomic E-state index is 12.2. The van der Waals surface area contributed by atoms with Gasteiger partial charge < -0.3 is 14.4 Å². The van der Waals surface area contributed by atoms with Crippen LogP contribution in [0.5, 0.6) is 11.5 Å². The summed E-state index contributed by atoms with van der Waals surface area (Å²) in [5.41, 5.74) is 6.09. The van der Waals surface area contributed by atoms with Crippen LogP contribution < -0.4 is 9.47 Å². The number of hydrogen-bond acceptors (Lipinski definition) is 5. The van der Waals surface area contributed by atoms with Gasteiger partial charge in [0, 0.05) is 31.8 Å². The van der Waals surface area contributed by atoms with Crippen LogP contribution in [0.1, 0.15) is 66.8 Å². The van der Waals surface area contributed by atoms with Gasteiger partial charge in [0.05, 0.1) is 5.02 Å². The van der Waals surface area contributed by atoms with E-state index in [4.69, 9.17) is 21.1 Å². The normalized spacial score (nSPS) is 17.9. The Morgan fingerprint density at radius 1 is 1.03 bits per heavy atom. The second-order valence-electron chi connectivity index (χ2n) is 8.69. The van der Waals surface area contributed by atoms with Gasteiger partial charge in [-0.15, -0.1) is 0 Å². The van der Waals surface area contributed by atoms with E-state index in [9.17, 15) is 9.59 Å². The molecule has 2 aromatic rings. The first-order chi connectivity index (χ1) is 15.4. The fraction of sp³-hybridized carbons (Fsp3) is 0.462. The minimum atomic E-state index is -0.415. The number of ether oxygens (including phenoxy) is 2. The number of halogens is 1. The van der Waals surface area contributed by atoms with Crippen LogP contribution in [-0.4, -0.2) is 37.0 Å². The lowest BCUT2D eigenvalue weighted by Crippen LogP contribution is -2.24. The van der Waals surface area contributed by atoms with Crippen molar-refractivity contribution in [2.24, 2.45) is 0 Å². The van der Waals surface area contributed by atoms with Gasteiger partial charge in [-0.05, 0) is 66.6 Å². The summed E-state index contributed by atoms with van der Waals surface area (Å²) in [6, 6.07) is 8.66. The monoisotopic (exact) mass is 455 g/mol. The van der Waals surface area contributed by atoms with Crippen molar-refractivity contribution in [3.8, 4) is 11.5 Å². The maximum Gasteiger partial charge on any atom is 0.311 e. The molecule has 0 spiro atoms. The standard InChI is InChI=1S/C26H30ClNO4/c1-4-23(29)31-22-14-20-19(25(27)26(22)32-24(30)5-2)11-12-28(3)15-21(20)18-10-9-16-7-6-8-17(16)13-18/h9-10,13-14,21H,4-8,11-12,15H2,1-3H3. The quantitative estimate of drug-likeness (QED) is 0.465. The molecule has 1 unspecified atom stereocenters. The Morgan fingerprint density at radius 3 is 2.50 bits per heavy atom. The number of fused-ring (bicyclic) bond motifs is 2. The number of hydrogen-bond donors (Lipinski definition) is 0. The zero-order chi connectivity index (χ0) is 22.8. The summed E-state index contributed by atoms with van der Waals surface area (Å²) < 4.78 is 11.1. The van der Waals surface area contributed by atoms with Crippen molar-refractivity contribution >= 4 is 23.5 Å². The summed E-state index contributed by atoms with van der Waals surface area (Å²) in [5, 5.41) is 0.365. The Labute approximate surface area is 194 Å². The van der Waals surface area contributed by atoms with Gasteiger partial charge in [-0.25, -0.2) is 0 Å². The van der Waals surface area contributed by atoms with E-state index < -0.39 is 11.9 Å². The Kier molecular flexibility index (Phi) is 6.87. The molecular formula is C26H30ClNO4. The van der Waals surface area contributed by atoms with E-state index in [-0.39, 0.29) is 30.3 Å². The van der Waals surface area contributed by atoms with Gasteiger partial charge in [0.25, 0.3) is 0 Å². The lowest BCUT2D eigenvalue weighted by atomic mass is 9.86. The molecule has 0 aromatic heterocycles. The van der Waals surface area contributed by atoms with Gasteiger partial charge >= 0.3 is 11.9 Å². The molecule has 0 bridgehead atoms. The van der Waals surface area contributed by atoms with Crippen molar-refractivity contribution in [2.75, 3.05) is 20.1 Å². The topological polar surface area (TPSA) is 55.8 Å². The van der Waals surface area contributed by atoms with Crippen LogP contribution in [0.25, 0.3) is 0 Å². The number of nitrogens with zero attached hydrogens (tertiary/aromatic N) is 1. The number of aryl methyl sites for hydroxylation is 2.